The van der Waals surface area contributed by atoms with Gasteiger partial charge in [-0.25, -0.2) is 0 Å². The highest BCUT2D eigenvalue weighted by Gasteiger charge is 2.12. The summed E-state index contributed by atoms with van der Waals surface area (Å²) in [5.41, 5.74) is 1.22. The summed E-state index contributed by atoms with van der Waals surface area (Å²) >= 11 is 0. The third-order valence-corrected chi connectivity index (χ3v) is 3.61. The van der Waals surface area contributed by atoms with Gasteiger partial charge in [0.05, 0.1) is 14.2 Å². The molecule has 0 spiro atoms. The van der Waals surface area contributed by atoms with Crippen LogP contribution in [0.15, 0.2) is 18.2 Å². The van der Waals surface area contributed by atoms with Crippen LogP contribution >= 0.6 is 17.0 Å². The number of rotatable bonds is 5. The Labute approximate surface area is 126 Å². The van der Waals surface area contributed by atoms with Crippen LogP contribution in [0.1, 0.15) is 37.7 Å². The zero-order valence-electron chi connectivity index (χ0n) is 11.8. The van der Waals surface area contributed by atoms with Gasteiger partial charge in [-0.15, -0.1) is 17.0 Å². The molecule has 4 heteroatoms. The van der Waals surface area contributed by atoms with Gasteiger partial charge in [-0.1, -0.05) is 19.3 Å². The molecule has 1 aliphatic carbocycles. The summed E-state index contributed by atoms with van der Waals surface area (Å²) < 4.78 is 10.6. The summed E-state index contributed by atoms with van der Waals surface area (Å²) in [4.78, 5) is 0. The van der Waals surface area contributed by atoms with E-state index >= 15 is 0 Å². The second-order valence-electron chi connectivity index (χ2n) is 4.94. The summed E-state index contributed by atoms with van der Waals surface area (Å²) in [7, 11) is 3.38. The third kappa shape index (κ3) is 5.03. The normalized spacial score (nSPS) is 15.7. The van der Waals surface area contributed by atoms with E-state index in [2.05, 4.69) is 17.4 Å². The number of ether oxygens (including phenoxy) is 2. The van der Waals surface area contributed by atoms with Gasteiger partial charge in [0.15, 0.2) is 0 Å². The Morgan fingerprint density at radius 2 is 1.58 bits per heavy atom. The molecule has 1 N–H and O–H groups in total. The molecule has 1 saturated carbocycles. The molecule has 0 radical (unpaired) electrons. The summed E-state index contributed by atoms with van der Waals surface area (Å²) in [6.07, 6.45) is 6.73. The van der Waals surface area contributed by atoms with Crippen molar-refractivity contribution in [2.75, 3.05) is 14.2 Å². The van der Waals surface area contributed by atoms with Crippen molar-refractivity contribution in [2.45, 2.75) is 44.7 Å². The fraction of sp³-hybridized carbons (Fsp3) is 0.600. The first-order chi connectivity index (χ1) is 8.81. The van der Waals surface area contributed by atoms with Gasteiger partial charge in [-0.05, 0) is 30.5 Å². The maximum atomic E-state index is 5.28. The maximum absolute atomic E-state index is 5.28. The van der Waals surface area contributed by atoms with E-state index in [1.165, 1.54) is 37.7 Å². The van der Waals surface area contributed by atoms with Gasteiger partial charge in [0, 0.05) is 18.7 Å². The first kappa shape index (κ1) is 16.3. The van der Waals surface area contributed by atoms with Crippen LogP contribution in [0.4, 0.5) is 0 Å². The molecule has 0 unspecified atom stereocenters. The number of hydrogen-bond donors (Lipinski definition) is 1. The van der Waals surface area contributed by atoms with Gasteiger partial charge < -0.3 is 14.8 Å². The van der Waals surface area contributed by atoms with Crippen LogP contribution in [0.5, 0.6) is 11.5 Å². The van der Waals surface area contributed by atoms with Crippen molar-refractivity contribution in [3.8, 4) is 11.5 Å². The highest BCUT2D eigenvalue weighted by atomic mass is 79.9. The molecule has 1 aromatic rings. The van der Waals surface area contributed by atoms with Crippen LogP contribution in [0.25, 0.3) is 0 Å². The quantitative estimate of drug-likeness (QED) is 0.893. The first-order valence-electron chi connectivity index (χ1n) is 6.77. The second kappa shape index (κ2) is 8.43. The molecular weight excluding hydrogens is 306 g/mol. The van der Waals surface area contributed by atoms with Crippen LogP contribution in [0, 0.1) is 0 Å². The van der Waals surface area contributed by atoms with Gasteiger partial charge in [0.1, 0.15) is 11.5 Å². The molecule has 0 heterocycles. The Bertz CT molecular complexity index is 356. The minimum absolute atomic E-state index is 0. The predicted molar refractivity (Wildman–Crippen MR) is 83.6 cm³/mol. The highest BCUT2D eigenvalue weighted by Crippen LogP contribution is 2.23. The molecule has 1 aromatic carbocycles. The Hall–Kier alpha value is -0.740. The van der Waals surface area contributed by atoms with Gasteiger partial charge in [-0.3, -0.25) is 0 Å². The second-order valence-corrected chi connectivity index (χ2v) is 4.94. The number of hydrogen-bond acceptors (Lipinski definition) is 3. The van der Waals surface area contributed by atoms with Crippen molar-refractivity contribution in [1.82, 2.24) is 5.32 Å². The largest absolute Gasteiger partial charge is 0.497 e. The first-order valence-corrected chi connectivity index (χ1v) is 6.77. The van der Waals surface area contributed by atoms with Gasteiger partial charge >= 0.3 is 0 Å². The van der Waals surface area contributed by atoms with Crippen molar-refractivity contribution in [3.63, 3.8) is 0 Å². The van der Waals surface area contributed by atoms with Crippen molar-refractivity contribution >= 4 is 17.0 Å². The standard InChI is InChI=1S/C15H23NO2.BrH/c1-17-14-8-12(9-15(10-14)18-2)11-16-13-6-4-3-5-7-13;/h8-10,13,16H,3-7,11H2,1-2H3;1H. The lowest BCUT2D eigenvalue weighted by Crippen LogP contribution is -2.30. The average molecular weight is 330 g/mol. The molecule has 108 valence electrons. The van der Waals surface area contributed by atoms with Crippen LogP contribution in [-0.2, 0) is 6.54 Å². The smallest absolute Gasteiger partial charge is 0.122 e. The minimum atomic E-state index is 0. The van der Waals surface area contributed by atoms with Crippen LogP contribution < -0.4 is 14.8 Å². The van der Waals surface area contributed by atoms with E-state index in [1.807, 2.05) is 6.07 Å². The molecule has 1 aliphatic rings. The zero-order chi connectivity index (χ0) is 12.8. The zero-order valence-corrected chi connectivity index (χ0v) is 13.5. The van der Waals surface area contributed by atoms with E-state index in [0.717, 1.165) is 18.0 Å². The average Bonchev–Trinajstić information content (AvgIpc) is 2.45. The molecule has 0 atom stereocenters. The summed E-state index contributed by atoms with van der Waals surface area (Å²) in [5, 5.41) is 3.63. The van der Waals surface area contributed by atoms with Crippen molar-refractivity contribution < 1.29 is 9.47 Å². The lowest BCUT2D eigenvalue weighted by atomic mass is 9.95. The molecule has 2 rings (SSSR count). The van der Waals surface area contributed by atoms with Crippen molar-refractivity contribution in [3.05, 3.63) is 23.8 Å². The van der Waals surface area contributed by atoms with Crippen molar-refractivity contribution in [2.24, 2.45) is 0 Å². The van der Waals surface area contributed by atoms with E-state index in [0.29, 0.717) is 6.04 Å². The fourth-order valence-corrected chi connectivity index (χ4v) is 2.54. The van der Waals surface area contributed by atoms with Gasteiger partial charge in [-0.2, -0.15) is 0 Å². The van der Waals surface area contributed by atoms with Crippen LogP contribution in [-0.4, -0.2) is 20.3 Å². The minimum Gasteiger partial charge on any atom is -0.497 e. The summed E-state index contributed by atoms with van der Waals surface area (Å²) in [6, 6.07) is 6.72. The number of halogens is 1. The summed E-state index contributed by atoms with van der Waals surface area (Å²) in [5.74, 6) is 1.71. The number of methoxy groups -OCH3 is 2. The molecule has 1 fully saturated rings. The molecule has 0 aromatic heterocycles. The van der Waals surface area contributed by atoms with E-state index < -0.39 is 0 Å². The number of benzene rings is 1. The molecule has 0 amide bonds. The Kier molecular flexibility index (Phi) is 7.24. The Balaban J connectivity index is 0.00000180. The van der Waals surface area contributed by atoms with E-state index in [4.69, 9.17) is 9.47 Å². The maximum Gasteiger partial charge on any atom is 0.122 e. The summed E-state index contributed by atoms with van der Waals surface area (Å²) in [6.45, 7) is 0.887. The molecule has 0 bridgehead atoms. The molecule has 0 aliphatic heterocycles. The molecule has 3 nitrogen and oxygen atoms in total. The van der Waals surface area contributed by atoms with Crippen LogP contribution in [0.3, 0.4) is 0 Å². The van der Waals surface area contributed by atoms with Crippen LogP contribution in [0.2, 0.25) is 0 Å². The molecule has 19 heavy (non-hydrogen) atoms. The third-order valence-electron chi connectivity index (χ3n) is 3.61. The topological polar surface area (TPSA) is 30.5 Å². The monoisotopic (exact) mass is 329 g/mol. The predicted octanol–water partition coefficient (Wildman–Crippen LogP) is 3.70. The number of nitrogens with one attached hydrogen (secondary N) is 1. The lowest BCUT2D eigenvalue weighted by molar-refractivity contribution is 0.369. The fourth-order valence-electron chi connectivity index (χ4n) is 2.54. The van der Waals surface area contributed by atoms with E-state index in [-0.39, 0.29) is 17.0 Å². The SMILES string of the molecule is Br.COc1cc(CNC2CCCCC2)cc(OC)c1. The Morgan fingerprint density at radius 3 is 2.11 bits per heavy atom. The molecular formula is C15H24BrNO2. The van der Waals surface area contributed by atoms with Gasteiger partial charge in [0.25, 0.3) is 0 Å². The highest BCUT2D eigenvalue weighted by molar-refractivity contribution is 8.93. The molecule has 0 saturated heterocycles. The lowest BCUT2D eigenvalue weighted by Gasteiger charge is -2.23. The Morgan fingerprint density at radius 1 is 1.00 bits per heavy atom. The van der Waals surface area contributed by atoms with Gasteiger partial charge in [0.2, 0.25) is 0 Å². The van der Waals surface area contributed by atoms with E-state index in [1.54, 1.807) is 14.2 Å². The van der Waals surface area contributed by atoms with Crippen molar-refractivity contribution in [1.29, 1.82) is 0 Å². The van der Waals surface area contributed by atoms with E-state index in [9.17, 15) is 0 Å².